The lowest BCUT2D eigenvalue weighted by Gasteiger charge is -2.46. The van der Waals surface area contributed by atoms with Gasteiger partial charge in [0.25, 0.3) is 0 Å². The highest BCUT2D eigenvalue weighted by molar-refractivity contribution is 9.10. The molecule has 1 heterocycles. The van der Waals surface area contributed by atoms with Crippen LogP contribution in [0.1, 0.15) is 42.0 Å². The highest BCUT2D eigenvalue weighted by Crippen LogP contribution is 2.40. The van der Waals surface area contributed by atoms with Crippen molar-refractivity contribution < 1.29 is 4.74 Å². The molecule has 0 spiro atoms. The summed E-state index contributed by atoms with van der Waals surface area (Å²) < 4.78 is 6.72. The minimum absolute atomic E-state index is 0.0117. The van der Waals surface area contributed by atoms with Gasteiger partial charge in [-0.1, -0.05) is 57.4 Å². The van der Waals surface area contributed by atoms with E-state index in [1.54, 1.807) is 0 Å². The van der Waals surface area contributed by atoms with Gasteiger partial charge in [-0.3, -0.25) is 4.90 Å². The SMILES string of the molecule is Cc1cc(C)cc(C(c2ccc(Br)cc2)C(C)(C)N2CCOCC2)c1. The maximum atomic E-state index is 5.59. The maximum Gasteiger partial charge on any atom is 0.0594 e. The normalized spacial score (nSPS) is 17.5. The first-order chi connectivity index (χ1) is 11.9. The Morgan fingerprint density at radius 1 is 0.920 bits per heavy atom. The Kier molecular flexibility index (Phi) is 5.67. The molecule has 2 aromatic carbocycles. The fourth-order valence-electron chi connectivity index (χ4n) is 4.16. The molecule has 0 bridgehead atoms. The summed E-state index contributed by atoms with van der Waals surface area (Å²) >= 11 is 3.57. The average Bonchev–Trinajstić information content (AvgIpc) is 2.57. The van der Waals surface area contributed by atoms with Crippen LogP contribution in [0.4, 0.5) is 0 Å². The second-order valence-corrected chi connectivity index (χ2v) is 8.57. The Labute approximate surface area is 160 Å². The molecular formula is C22H28BrNO. The smallest absolute Gasteiger partial charge is 0.0594 e. The van der Waals surface area contributed by atoms with Crippen molar-refractivity contribution in [1.29, 1.82) is 0 Å². The lowest BCUT2D eigenvalue weighted by Crippen LogP contribution is -2.53. The zero-order chi connectivity index (χ0) is 18.0. The van der Waals surface area contributed by atoms with Crippen molar-refractivity contribution in [3.05, 3.63) is 69.2 Å². The molecule has 1 atom stereocenters. The largest absolute Gasteiger partial charge is 0.379 e. The molecule has 2 aromatic rings. The lowest BCUT2D eigenvalue weighted by molar-refractivity contribution is -0.0155. The van der Waals surface area contributed by atoms with Gasteiger partial charge in [-0.2, -0.15) is 0 Å². The Morgan fingerprint density at radius 3 is 2.04 bits per heavy atom. The standard InChI is InChI=1S/C22H28BrNO/c1-16-13-17(2)15-19(14-16)21(18-5-7-20(23)8-6-18)22(3,4)24-9-11-25-12-10-24/h5-8,13-15,21H,9-12H2,1-4H3. The first-order valence-corrected chi connectivity index (χ1v) is 9.83. The van der Waals surface area contributed by atoms with Gasteiger partial charge in [0, 0.05) is 29.0 Å². The number of ether oxygens (including phenoxy) is 1. The van der Waals surface area contributed by atoms with Crippen LogP contribution in [0.3, 0.4) is 0 Å². The van der Waals surface area contributed by atoms with Crippen molar-refractivity contribution in [3.63, 3.8) is 0 Å². The van der Waals surface area contributed by atoms with Crippen LogP contribution < -0.4 is 0 Å². The van der Waals surface area contributed by atoms with Crippen LogP contribution >= 0.6 is 15.9 Å². The molecule has 2 nitrogen and oxygen atoms in total. The second kappa shape index (κ2) is 7.61. The van der Waals surface area contributed by atoms with Gasteiger partial charge in [-0.25, -0.2) is 0 Å². The van der Waals surface area contributed by atoms with E-state index in [0.717, 1.165) is 30.8 Å². The van der Waals surface area contributed by atoms with Crippen LogP contribution in [0, 0.1) is 13.8 Å². The quantitative estimate of drug-likeness (QED) is 0.687. The second-order valence-electron chi connectivity index (χ2n) is 7.66. The van der Waals surface area contributed by atoms with Crippen LogP contribution in [0.2, 0.25) is 0 Å². The van der Waals surface area contributed by atoms with Crippen molar-refractivity contribution in [2.75, 3.05) is 26.3 Å². The number of hydrogen-bond acceptors (Lipinski definition) is 2. The first kappa shape index (κ1) is 18.6. The van der Waals surface area contributed by atoms with E-state index in [1.807, 2.05) is 0 Å². The van der Waals surface area contributed by atoms with E-state index in [2.05, 4.69) is 91.0 Å². The van der Waals surface area contributed by atoms with Gasteiger partial charge in [0.1, 0.15) is 0 Å². The van der Waals surface area contributed by atoms with Crippen LogP contribution in [0.25, 0.3) is 0 Å². The van der Waals surface area contributed by atoms with Crippen LogP contribution in [0.15, 0.2) is 46.9 Å². The van der Waals surface area contributed by atoms with E-state index in [1.165, 1.54) is 22.3 Å². The van der Waals surface area contributed by atoms with Gasteiger partial charge >= 0.3 is 0 Å². The number of halogens is 1. The average molecular weight is 402 g/mol. The first-order valence-electron chi connectivity index (χ1n) is 9.04. The van der Waals surface area contributed by atoms with E-state index >= 15 is 0 Å². The Balaban J connectivity index is 2.09. The molecule has 3 heteroatoms. The summed E-state index contributed by atoms with van der Waals surface area (Å²) in [5.74, 6) is 0.317. The zero-order valence-electron chi connectivity index (χ0n) is 15.7. The van der Waals surface area contributed by atoms with E-state index in [9.17, 15) is 0 Å². The highest BCUT2D eigenvalue weighted by Gasteiger charge is 2.38. The zero-order valence-corrected chi connectivity index (χ0v) is 17.3. The summed E-state index contributed by atoms with van der Waals surface area (Å²) in [6.07, 6.45) is 0. The third-order valence-corrected chi connectivity index (χ3v) is 5.84. The molecule has 25 heavy (non-hydrogen) atoms. The van der Waals surface area contributed by atoms with E-state index in [0.29, 0.717) is 5.92 Å². The molecular weight excluding hydrogens is 374 g/mol. The molecule has 134 valence electrons. The third-order valence-electron chi connectivity index (χ3n) is 5.31. The van der Waals surface area contributed by atoms with Crippen molar-refractivity contribution in [1.82, 2.24) is 4.90 Å². The van der Waals surface area contributed by atoms with Crippen molar-refractivity contribution in [2.24, 2.45) is 0 Å². The van der Waals surface area contributed by atoms with Crippen LogP contribution in [-0.2, 0) is 4.74 Å². The molecule has 0 N–H and O–H groups in total. The summed E-state index contributed by atoms with van der Waals surface area (Å²) in [4.78, 5) is 2.58. The summed E-state index contributed by atoms with van der Waals surface area (Å²) in [6.45, 7) is 12.8. The fraction of sp³-hybridized carbons (Fsp3) is 0.455. The van der Waals surface area contributed by atoms with Gasteiger partial charge < -0.3 is 4.74 Å². The number of aryl methyl sites for hydroxylation is 2. The molecule has 1 aliphatic rings. The number of hydrogen-bond donors (Lipinski definition) is 0. The number of nitrogens with zero attached hydrogens (tertiary/aromatic N) is 1. The highest BCUT2D eigenvalue weighted by atomic mass is 79.9. The van der Waals surface area contributed by atoms with E-state index in [4.69, 9.17) is 4.74 Å². The van der Waals surface area contributed by atoms with Gasteiger partial charge in [0.15, 0.2) is 0 Å². The third kappa shape index (κ3) is 4.16. The van der Waals surface area contributed by atoms with Gasteiger partial charge in [-0.15, -0.1) is 0 Å². The molecule has 0 radical (unpaired) electrons. The molecule has 0 amide bonds. The number of rotatable bonds is 4. The van der Waals surface area contributed by atoms with Crippen LogP contribution in [-0.4, -0.2) is 36.7 Å². The predicted molar refractivity (Wildman–Crippen MR) is 108 cm³/mol. The van der Waals surface area contributed by atoms with Gasteiger partial charge in [0.05, 0.1) is 13.2 Å². The molecule has 0 saturated carbocycles. The molecule has 0 aliphatic carbocycles. The minimum Gasteiger partial charge on any atom is -0.379 e. The monoisotopic (exact) mass is 401 g/mol. The summed E-state index contributed by atoms with van der Waals surface area (Å²) in [7, 11) is 0. The number of benzene rings is 2. The molecule has 1 saturated heterocycles. The van der Waals surface area contributed by atoms with E-state index < -0.39 is 0 Å². The summed E-state index contributed by atoms with van der Waals surface area (Å²) in [5.41, 5.74) is 5.43. The topological polar surface area (TPSA) is 12.5 Å². The number of morpholine rings is 1. The molecule has 3 rings (SSSR count). The predicted octanol–water partition coefficient (Wildman–Crippen LogP) is 5.31. The van der Waals surface area contributed by atoms with Gasteiger partial charge in [0.2, 0.25) is 0 Å². The maximum absolute atomic E-state index is 5.59. The molecule has 0 aromatic heterocycles. The van der Waals surface area contributed by atoms with Crippen molar-refractivity contribution in [3.8, 4) is 0 Å². The van der Waals surface area contributed by atoms with Crippen molar-refractivity contribution >= 4 is 15.9 Å². The molecule has 1 fully saturated rings. The van der Waals surface area contributed by atoms with E-state index in [-0.39, 0.29) is 5.54 Å². The summed E-state index contributed by atoms with van der Waals surface area (Å²) in [6, 6.07) is 15.8. The lowest BCUT2D eigenvalue weighted by atomic mass is 9.75. The fourth-order valence-corrected chi connectivity index (χ4v) is 4.43. The minimum atomic E-state index is 0.0117. The molecule has 1 aliphatic heterocycles. The van der Waals surface area contributed by atoms with Crippen molar-refractivity contribution in [2.45, 2.75) is 39.2 Å². The Morgan fingerprint density at radius 2 is 1.48 bits per heavy atom. The Hall–Kier alpha value is -1.16. The molecule has 1 unspecified atom stereocenters. The Bertz CT molecular complexity index is 697. The van der Waals surface area contributed by atoms with Crippen LogP contribution in [0.5, 0.6) is 0 Å². The summed E-state index contributed by atoms with van der Waals surface area (Å²) in [5, 5.41) is 0. The van der Waals surface area contributed by atoms with Gasteiger partial charge in [-0.05, 0) is 51.0 Å².